The lowest BCUT2D eigenvalue weighted by atomic mass is 9.73. The van der Waals surface area contributed by atoms with E-state index in [1.807, 2.05) is 39.0 Å². The highest BCUT2D eigenvalue weighted by molar-refractivity contribution is 6.30. The molecule has 2 aromatic rings. The van der Waals surface area contributed by atoms with Gasteiger partial charge in [-0.05, 0) is 85.2 Å². The molecule has 2 aromatic carbocycles. The van der Waals surface area contributed by atoms with E-state index in [4.69, 9.17) is 16.4 Å². The first-order valence-corrected chi connectivity index (χ1v) is 11.2. The van der Waals surface area contributed by atoms with Gasteiger partial charge in [-0.3, -0.25) is 0 Å². The van der Waals surface area contributed by atoms with Crippen molar-refractivity contribution in [1.82, 2.24) is 0 Å². The molecule has 31 heavy (non-hydrogen) atoms. The summed E-state index contributed by atoms with van der Waals surface area (Å²) in [6, 6.07) is 12.6. The van der Waals surface area contributed by atoms with Crippen LogP contribution in [0.1, 0.15) is 71.1 Å². The van der Waals surface area contributed by atoms with Gasteiger partial charge in [0.05, 0.1) is 0 Å². The lowest BCUT2D eigenvalue weighted by Crippen LogP contribution is -2.23. The van der Waals surface area contributed by atoms with E-state index >= 15 is 0 Å². The predicted molar refractivity (Wildman–Crippen MR) is 130 cm³/mol. The lowest BCUT2D eigenvalue weighted by Gasteiger charge is -2.30. The summed E-state index contributed by atoms with van der Waals surface area (Å²) >= 11 is 6.39. The molecule has 0 amide bonds. The summed E-state index contributed by atoms with van der Waals surface area (Å²) in [6.45, 7) is 11.8. The average molecular weight is 436 g/mol. The Kier molecular flexibility index (Phi) is 6.86. The summed E-state index contributed by atoms with van der Waals surface area (Å²) in [4.78, 5) is 16.6. The maximum atomic E-state index is 11.5. The number of allylic oxidation sites excluding steroid dienone is 4. The standard InChI is InChI=1S/C27H30ClNO2/c1-7-10-17(4)18(5)26(29-31-19(6)30)20-11-13-22-23-14-12-21(28)16-25(23)27(8-2,9-3)24(22)15-20/h7,10-16H,8-9H2,1-6H3/b10-7-,18-17+,29-26?. The van der Waals surface area contributed by atoms with Gasteiger partial charge in [-0.1, -0.05) is 61.0 Å². The second kappa shape index (κ2) is 9.23. The van der Waals surface area contributed by atoms with Crippen LogP contribution in [0.4, 0.5) is 0 Å². The highest BCUT2D eigenvalue weighted by Gasteiger charge is 2.40. The molecule has 0 saturated heterocycles. The summed E-state index contributed by atoms with van der Waals surface area (Å²) in [5, 5.41) is 5.00. The summed E-state index contributed by atoms with van der Waals surface area (Å²) < 4.78 is 0. The van der Waals surface area contributed by atoms with Crippen LogP contribution in [0.15, 0.2) is 64.9 Å². The van der Waals surface area contributed by atoms with Gasteiger partial charge in [-0.15, -0.1) is 0 Å². The topological polar surface area (TPSA) is 38.7 Å². The highest BCUT2D eigenvalue weighted by Crippen LogP contribution is 2.53. The molecule has 0 unspecified atom stereocenters. The fraction of sp³-hybridized carbons (Fsp3) is 0.333. The summed E-state index contributed by atoms with van der Waals surface area (Å²) in [6.07, 6.45) is 5.96. The maximum Gasteiger partial charge on any atom is 0.332 e. The van der Waals surface area contributed by atoms with Gasteiger partial charge >= 0.3 is 5.97 Å². The Hall–Kier alpha value is -2.65. The zero-order valence-corrected chi connectivity index (χ0v) is 19.9. The van der Waals surface area contributed by atoms with Crippen LogP contribution in [0.2, 0.25) is 5.02 Å². The molecule has 0 heterocycles. The molecule has 0 radical (unpaired) electrons. The molecule has 162 valence electrons. The lowest BCUT2D eigenvalue weighted by molar-refractivity contribution is -0.140. The van der Waals surface area contributed by atoms with Crippen LogP contribution in [0.5, 0.6) is 0 Å². The van der Waals surface area contributed by atoms with Crippen LogP contribution in [0, 0.1) is 0 Å². The number of benzene rings is 2. The second-order valence-electron chi connectivity index (χ2n) is 8.07. The van der Waals surface area contributed by atoms with Crippen molar-refractivity contribution < 1.29 is 9.63 Å². The molecule has 0 atom stereocenters. The summed E-state index contributed by atoms with van der Waals surface area (Å²) in [7, 11) is 0. The monoisotopic (exact) mass is 435 g/mol. The fourth-order valence-corrected chi connectivity index (χ4v) is 4.81. The maximum absolute atomic E-state index is 11.5. The first-order chi connectivity index (χ1) is 14.8. The van der Waals surface area contributed by atoms with E-state index in [1.54, 1.807) is 0 Å². The van der Waals surface area contributed by atoms with Crippen LogP contribution < -0.4 is 0 Å². The van der Waals surface area contributed by atoms with Crippen molar-refractivity contribution in [1.29, 1.82) is 0 Å². The number of oxime groups is 1. The number of carbonyl (C=O) groups is 1. The molecule has 0 fully saturated rings. The van der Waals surface area contributed by atoms with E-state index < -0.39 is 5.97 Å². The summed E-state index contributed by atoms with van der Waals surface area (Å²) in [5.74, 6) is -0.436. The first-order valence-electron chi connectivity index (χ1n) is 10.8. The number of hydrogen-bond donors (Lipinski definition) is 0. The van der Waals surface area contributed by atoms with Gasteiger partial charge in [0.1, 0.15) is 5.71 Å². The van der Waals surface area contributed by atoms with Gasteiger partial charge in [0.25, 0.3) is 0 Å². The predicted octanol–water partition coefficient (Wildman–Crippen LogP) is 7.61. The molecule has 0 saturated carbocycles. The van der Waals surface area contributed by atoms with Crippen molar-refractivity contribution >= 4 is 23.3 Å². The van der Waals surface area contributed by atoms with Crippen LogP contribution in [0.25, 0.3) is 11.1 Å². The Bertz CT molecular complexity index is 1100. The zero-order valence-electron chi connectivity index (χ0n) is 19.2. The zero-order chi connectivity index (χ0) is 22.8. The SMILES string of the molecule is C/C=C\C(C)=C(/C)C(=NOC(C)=O)c1ccc2c(c1)C(CC)(CC)c1cc(Cl)ccc1-2. The van der Waals surface area contributed by atoms with E-state index in [0.717, 1.165) is 34.6 Å². The Morgan fingerprint density at radius 3 is 2.23 bits per heavy atom. The van der Waals surface area contributed by atoms with Gasteiger partial charge < -0.3 is 4.84 Å². The van der Waals surface area contributed by atoms with Crippen LogP contribution in [-0.4, -0.2) is 11.7 Å². The first kappa shape index (κ1) is 23.0. The Morgan fingerprint density at radius 1 is 1.03 bits per heavy atom. The van der Waals surface area contributed by atoms with E-state index in [1.165, 1.54) is 29.2 Å². The molecule has 0 aromatic heterocycles. The van der Waals surface area contributed by atoms with Crippen molar-refractivity contribution in [3.63, 3.8) is 0 Å². The van der Waals surface area contributed by atoms with Gasteiger partial charge in [-0.2, -0.15) is 0 Å². The van der Waals surface area contributed by atoms with Gasteiger partial charge in [0, 0.05) is 22.9 Å². The summed E-state index contributed by atoms with van der Waals surface area (Å²) in [5.41, 5.74) is 8.58. The number of rotatable bonds is 6. The van der Waals surface area contributed by atoms with E-state index in [-0.39, 0.29) is 5.41 Å². The van der Waals surface area contributed by atoms with E-state index in [9.17, 15) is 4.79 Å². The average Bonchev–Trinajstić information content (AvgIpc) is 3.02. The van der Waals surface area contributed by atoms with Crippen molar-refractivity contribution in [2.24, 2.45) is 5.16 Å². The minimum atomic E-state index is -0.436. The number of nitrogens with zero attached hydrogens (tertiary/aromatic N) is 1. The Labute approximate surface area is 190 Å². The quantitative estimate of drug-likeness (QED) is 0.203. The van der Waals surface area contributed by atoms with E-state index in [0.29, 0.717) is 5.71 Å². The van der Waals surface area contributed by atoms with Crippen molar-refractivity contribution in [3.8, 4) is 11.1 Å². The van der Waals surface area contributed by atoms with E-state index in [2.05, 4.69) is 49.3 Å². The molecule has 3 rings (SSSR count). The molecule has 0 spiro atoms. The molecule has 0 N–H and O–H groups in total. The van der Waals surface area contributed by atoms with Gasteiger partial charge in [0.2, 0.25) is 0 Å². The molecule has 0 aliphatic heterocycles. The van der Waals surface area contributed by atoms with Crippen LogP contribution in [-0.2, 0) is 15.0 Å². The third-order valence-corrected chi connectivity index (χ3v) is 6.67. The highest BCUT2D eigenvalue weighted by atomic mass is 35.5. The van der Waals surface area contributed by atoms with Crippen molar-refractivity contribution in [2.75, 3.05) is 0 Å². The molecule has 4 heteroatoms. The van der Waals surface area contributed by atoms with Crippen LogP contribution in [0.3, 0.4) is 0 Å². The molecule has 1 aliphatic carbocycles. The van der Waals surface area contributed by atoms with Gasteiger partial charge in [0.15, 0.2) is 0 Å². The molecular weight excluding hydrogens is 406 g/mol. The Balaban J connectivity index is 2.25. The smallest absolute Gasteiger partial charge is 0.318 e. The fourth-order valence-electron chi connectivity index (χ4n) is 4.64. The largest absolute Gasteiger partial charge is 0.332 e. The minimum absolute atomic E-state index is 0.103. The number of hydrogen-bond acceptors (Lipinski definition) is 3. The van der Waals surface area contributed by atoms with Gasteiger partial charge in [-0.25, -0.2) is 4.79 Å². The molecule has 1 aliphatic rings. The second-order valence-corrected chi connectivity index (χ2v) is 8.51. The number of carbonyl (C=O) groups excluding carboxylic acids is 1. The normalized spacial score (nSPS) is 15.5. The molecule has 0 bridgehead atoms. The Morgan fingerprint density at radius 2 is 1.65 bits per heavy atom. The molecule has 3 nitrogen and oxygen atoms in total. The third-order valence-electron chi connectivity index (χ3n) is 6.43. The number of halogens is 1. The molecular formula is C27H30ClNO2. The minimum Gasteiger partial charge on any atom is -0.318 e. The number of fused-ring (bicyclic) bond motifs is 3. The van der Waals surface area contributed by atoms with Crippen LogP contribution >= 0.6 is 11.6 Å². The third kappa shape index (κ3) is 4.12. The van der Waals surface area contributed by atoms with Crippen molar-refractivity contribution in [2.45, 2.75) is 59.8 Å². The van der Waals surface area contributed by atoms with Crippen molar-refractivity contribution in [3.05, 3.63) is 81.4 Å².